The number of nitrogens with one attached hydrogen (secondary N) is 2. The molecular weight excluding hydrogens is 554 g/mol. The second kappa shape index (κ2) is 10.8. The van der Waals surface area contributed by atoms with Crippen molar-refractivity contribution in [2.24, 2.45) is 0 Å². The largest absolute Gasteiger partial charge is 0.495 e. The topological polar surface area (TPSA) is 122 Å². The Morgan fingerprint density at radius 1 is 0.875 bits per heavy atom. The van der Waals surface area contributed by atoms with E-state index in [-0.39, 0.29) is 50.3 Å². The molecule has 0 saturated heterocycles. The Bertz CT molecular complexity index is 1760. The van der Waals surface area contributed by atoms with Gasteiger partial charge in [0.1, 0.15) is 10.6 Å². The Kier molecular flexibility index (Phi) is 7.29. The Hall–Kier alpha value is -4.67. The number of imide groups is 1. The van der Waals surface area contributed by atoms with Gasteiger partial charge >= 0.3 is 0 Å². The molecule has 2 N–H and O–H groups in total. The third kappa shape index (κ3) is 5.27. The van der Waals surface area contributed by atoms with Crippen molar-refractivity contribution in [2.45, 2.75) is 11.4 Å². The first-order chi connectivity index (χ1) is 19.2. The molecule has 0 atom stereocenters. The normalized spacial score (nSPS) is 12.7. The minimum absolute atomic E-state index is 0.0534. The molecule has 4 aromatic rings. The van der Waals surface area contributed by atoms with Gasteiger partial charge in [0.25, 0.3) is 27.7 Å². The summed E-state index contributed by atoms with van der Waals surface area (Å²) in [7, 11) is -2.83. The first kappa shape index (κ1) is 26.9. The first-order valence-electron chi connectivity index (χ1n) is 12.0. The molecule has 1 aliphatic heterocycles. The molecule has 0 saturated carbocycles. The van der Waals surface area contributed by atoms with E-state index in [1.54, 1.807) is 18.2 Å². The quantitative estimate of drug-likeness (QED) is 0.279. The fourth-order valence-electron chi connectivity index (χ4n) is 4.25. The van der Waals surface area contributed by atoms with Crippen LogP contribution >= 0.6 is 11.6 Å². The number of methoxy groups -OCH3 is 1. The molecule has 0 bridgehead atoms. The Morgan fingerprint density at radius 2 is 1.57 bits per heavy atom. The van der Waals surface area contributed by atoms with Crippen molar-refractivity contribution >= 4 is 50.7 Å². The number of benzene rings is 4. The summed E-state index contributed by atoms with van der Waals surface area (Å²) in [5.41, 5.74) is 1.59. The van der Waals surface area contributed by atoms with Crippen LogP contribution in [-0.4, -0.2) is 38.1 Å². The predicted octanol–water partition coefficient (Wildman–Crippen LogP) is 5.20. The van der Waals surface area contributed by atoms with Crippen molar-refractivity contribution in [3.63, 3.8) is 0 Å². The van der Waals surface area contributed by atoms with Crippen LogP contribution in [0.1, 0.15) is 36.6 Å². The molecule has 4 aromatic carbocycles. The van der Waals surface area contributed by atoms with Gasteiger partial charge in [-0.25, -0.2) is 8.42 Å². The van der Waals surface area contributed by atoms with Crippen LogP contribution in [0.2, 0.25) is 5.02 Å². The predicted molar refractivity (Wildman–Crippen MR) is 150 cm³/mol. The molecule has 0 aromatic heterocycles. The number of fused-ring (bicyclic) bond motifs is 1. The van der Waals surface area contributed by atoms with Crippen LogP contribution in [0.4, 0.5) is 11.4 Å². The summed E-state index contributed by atoms with van der Waals surface area (Å²) >= 11 is 6.11. The lowest BCUT2D eigenvalue weighted by Gasteiger charge is -2.14. The monoisotopic (exact) mass is 575 g/mol. The van der Waals surface area contributed by atoms with Crippen molar-refractivity contribution < 1.29 is 27.5 Å². The number of carbonyl (C=O) groups excluding carboxylic acids is 3. The van der Waals surface area contributed by atoms with Gasteiger partial charge in [-0.05, 0) is 54.1 Å². The average Bonchev–Trinajstić information content (AvgIpc) is 3.19. The highest BCUT2D eigenvalue weighted by molar-refractivity contribution is 7.92. The van der Waals surface area contributed by atoms with Crippen molar-refractivity contribution in [3.05, 3.63) is 118 Å². The zero-order chi connectivity index (χ0) is 28.4. The Labute approximate surface area is 235 Å². The molecule has 9 nitrogen and oxygen atoms in total. The number of nitrogens with zero attached hydrogens (tertiary/aromatic N) is 1. The standard InChI is InChI=1S/C29H22ClN3O6S/c1-39-25-14-12-20(16-26(25)40(37,38)32-24-10-6-5-9-23(24)30)31-27(34)19-11-13-21-22(15-19)29(36)33(28(21)35)17-18-7-3-2-4-8-18/h2-16,32H,17H2,1H3,(H,31,34). The summed E-state index contributed by atoms with van der Waals surface area (Å²) in [6.45, 7) is 0.111. The van der Waals surface area contributed by atoms with E-state index in [0.29, 0.717) is 0 Å². The molecule has 40 heavy (non-hydrogen) atoms. The molecule has 0 spiro atoms. The smallest absolute Gasteiger partial charge is 0.265 e. The summed E-state index contributed by atoms with van der Waals surface area (Å²) in [5.74, 6) is -1.48. The zero-order valence-corrected chi connectivity index (χ0v) is 22.6. The lowest BCUT2D eigenvalue weighted by Crippen LogP contribution is -2.29. The highest BCUT2D eigenvalue weighted by Gasteiger charge is 2.36. The van der Waals surface area contributed by atoms with Gasteiger partial charge in [-0.15, -0.1) is 0 Å². The lowest BCUT2D eigenvalue weighted by molar-refractivity contribution is 0.0642. The van der Waals surface area contributed by atoms with Gasteiger partial charge in [-0.1, -0.05) is 54.1 Å². The van der Waals surface area contributed by atoms with E-state index in [2.05, 4.69) is 10.0 Å². The van der Waals surface area contributed by atoms with Gasteiger partial charge < -0.3 is 10.1 Å². The van der Waals surface area contributed by atoms with Gasteiger partial charge in [0.05, 0.1) is 35.5 Å². The molecular formula is C29H22ClN3O6S. The average molecular weight is 576 g/mol. The van der Waals surface area contributed by atoms with Gasteiger partial charge in [0, 0.05) is 11.3 Å². The highest BCUT2D eigenvalue weighted by atomic mass is 35.5. The van der Waals surface area contributed by atoms with Gasteiger partial charge in [-0.3, -0.25) is 24.0 Å². The maximum atomic E-state index is 13.2. The fourth-order valence-corrected chi connectivity index (χ4v) is 5.77. The van der Waals surface area contributed by atoms with Crippen LogP contribution in [0.5, 0.6) is 5.75 Å². The third-order valence-electron chi connectivity index (χ3n) is 6.25. The second-order valence-electron chi connectivity index (χ2n) is 8.85. The molecule has 5 rings (SSSR count). The lowest BCUT2D eigenvalue weighted by atomic mass is 10.1. The number of hydrogen-bond acceptors (Lipinski definition) is 6. The molecule has 1 heterocycles. The number of anilines is 2. The van der Waals surface area contributed by atoms with E-state index in [4.69, 9.17) is 16.3 Å². The molecule has 11 heteroatoms. The Morgan fingerprint density at radius 3 is 2.30 bits per heavy atom. The number of rotatable bonds is 8. The van der Waals surface area contributed by atoms with Crippen molar-refractivity contribution in [1.82, 2.24) is 4.90 Å². The minimum Gasteiger partial charge on any atom is -0.495 e. The summed E-state index contributed by atoms with van der Waals surface area (Å²) in [6, 6.07) is 23.8. The van der Waals surface area contributed by atoms with E-state index in [0.717, 1.165) is 10.5 Å². The molecule has 0 radical (unpaired) electrons. The highest BCUT2D eigenvalue weighted by Crippen LogP contribution is 2.31. The number of sulfonamides is 1. The number of ether oxygens (including phenoxy) is 1. The van der Waals surface area contributed by atoms with Gasteiger partial charge in [-0.2, -0.15) is 0 Å². The maximum Gasteiger partial charge on any atom is 0.265 e. The molecule has 202 valence electrons. The van der Waals surface area contributed by atoms with Crippen LogP contribution in [0.15, 0.2) is 95.9 Å². The fraction of sp³-hybridized carbons (Fsp3) is 0.0690. The van der Waals surface area contributed by atoms with Crippen molar-refractivity contribution in [3.8, 4) is 5.75 Å². The summed E-state index contributed by atoms with van der Waals surface area (Å²) in [5, 5.41) is 2.85. The van der Waals surface area contributed by atoms with E-state index in [1.165, 1.54) is 49.6 Å². The first-order valence-corrected chi connectivity index (χ1v) is 13.8. The Balaban J connectivity index is 1.38. The summed E-state index contributed by atoms with van der Waals surface area (Å²) in [6.07, 6.45) is 0. The van der Waals surface area contributed by atoms with Gasteiger partial charge in [0.2, 0.25) is 0 Å². The van der Waals surface area contributed by atoms with Crippen LogP contribution in [0.3, 0.4) is 0 Å². The second-order valence-corrected chi connectivity index (χ2v) is 10.9. The summed E-state index contributed by atoms with van der Waals surface area (Å²) in [4.78, 5) is 39.9. The van der Waals surface area contributed by atoms with E-state index < -0.39 is 27.7 Å². The molecule has 0 aliphatic carbocycles. The number of halogens is 1. The van der Waals surface area contributed by atoms with Crippen LogP contribution < -0.4 is 14.8 Å². The molecule has 0 unspecified atom stereocenters. The molecule has 3 amide bonds. The SMILES string of the molecule is COc1ccc(NC(=O)c2ccc3c(c2)C(=O)N(Cc2ccccc2)C3=O)cc1S(=O)(=O)Nc1ccccc1Cl. The van der Waals surface area contributed by atoms with Crippen molar-refractivity contribution in [1.29, 1.82) is 0 Å². The van der Waals surface area contributed by atoms with E-state index >= 15 is 0 Å². The zero-order valence-electron chi connectivity index (χ0n) is 21.1. The number of para-hydroxylation sites is 1. The minimum atomic E-state index is -4.15. The molecule has 1 aliphatic rings. The van der Waals surface area contributed by atoms with Crippen LogP contribution in [-0.2, 0) is 16.6 Å². The van der Waals surface area contributed by atoms with E-state index in [1.807, 2.05) is 30.3 Å². The van der Waals surface area contributed by atoms with Crippen LogP contribution in [0, 0.1) is 0 Å². The van der Waals surface area contributed by atoms with Crippen LogP contribution in [0.25, 0.3) is 0 Å². The third-order valence-corrected chi connectivity index (χ3v) is 7.96. The number of carbonyl (C=O) groups is 3. The van der Waals surface area contributed by atoms with Gasteiger partial charge in [0.15, 0.2) is 0 Å². The van der Waals surface area contributed by atoms with E-state index in [9.17, 15) is 22.8 Å². The maximum absolute atomic E-state index is 13.2. The molecule has 0 fully saturated rings. The number of amides is 3. The van der Waals surface area contributed by atoms with Crippen molar-refractivity contribution in [2.75, 3.05) is 17.1 Å². The number of hydrogen-bond donors (Lipinski definition) is 2. The summed E-state index contributed by atoms with van der Waals surface area (Å²) < 4.78 is 34.0.